The Hall–Kier alpha value is -2.92. The summed E-state index contributed by atoms with van der Waals surface area (Å²) in [5, 5.41) is 15.7. The van der Waals surface area contributed by atoms with E-state index in [0.29, 0.717) is 33.8 Å². The van der Waals surface area contributed by atoms with Gasteiger partial charge in [0.2, 0.25) is 11.1 Å². The van der Waals surface area contributed by atoms with Crippen LogP contribution in [0.5, 0.6) is 5.75 Å². The summed E-state index contributed by atoms with van der Waals surface area (Å²) in [7, 11) is 0. The molecule has 1 aliphatic rings. The van der Waals surface area contributed by atoms with Crippen LogP contribution < -0.4 is 15.8 Å². The number of rotatable bonds is 8. The third-order valence-electron chi connectivity index (χ3n) is 4.84. The van der Waals surface area contributed by atoms with Crippen molar-refractivity contribution in [3.63, 3.8) is 0 Å². The van der Waals surface area contributed by atoms with Gasteiger partial charge >= 0.3 is 0 Å². The van der Waals surface area contributed by atoms with Gasteiger partial charge in [-0.05, 0) is 60.7 Å². The molecule has 0 atom stereocenters. The molecule has 2 amide bonds. The molecular formula is C20H22N6O3S2. The number of hydrogen-bond acceptors (Lipinski definition) is 8. The summed E-state index contributed by atoms with van der Waals surface area (Å²) in [6.45, 7) is 2.41. The number of ether oxygens (including phenoxy) is 1. The van der Waals surface area contributed by atoms with Gasteiger partial charge in [-0.3, -0.25) is 9.59 Å². The minimum Gasteiger partial charge on any atom is -0.492 e. The fourth-order valence-corrected chi connectivity index (χ4v) is 5.53. The average Bonchev–Trinajstić information content (AvgIpc) is 3.37. The molecule has 0 unspecified atom stereocenters. The number of hydrogen-bond donors (Lipinski definition) is 2. The number of thiophene rings is 1. The number of amides is 2. The highest BCUT2D eigenvalue weighted by Crippen LogP contribution is 2.38. The summed E-state index contributed by atoms with van der Waals surface area (Å²) in [5.41, 5.74) is 7.74. The molecule has 3 aromatic rings. The highest BCUT2D eigenvalue weighted by atomic mass is 32.2. The zero-order valence-corrected chi connectivity index (χ0v) is 18.6. The van der Waals surface area contributed by atoms with Crippen molar-refractivity contribution in [2.75, 3.05) is 17.7 Å². The minimum absolute atomic E-state index is 0.0813. The van der Waals surface area contributed by atoms with E-state index in [1.54, 1.807) is 4.68 Å². The number of thioether (sulfide) groups is 1. The zero-order chi connectivity index (χ0) is 21.8. The van der Waals surface area contributed by atoms with E-state index in [1.807, 2.05) is 31.2 Å². The molecule has 0 radical (unpaired) electrons. The first kappa shape index (κ1) is 21.3. The van der Waals surface area contributed by atoms with Crippen LogP contribution in [0.15, 0.2) is 29.4 Å². The largest absolute Gasteiger partial charge is 0.492 e. The van der Waals surface area contributed by atoms with Crippen LogP contribution in [0.2, 0.25) is 0 Å². The fourth-order valence-electron chi connectivity index (χ4n) is 3.54. The SMILES string of the molecule is CCOc1ccccc1-n1nnnc1SCC(=O)Nc1sc2c(c1C(N)=O)CCCC2. The van der Waals surface area contributed by atoms with Gasteiger partial charge in [0.05, 0.1) is 17.9 Å². The van der Waals surface area contributed by atoms with Gasteiger partial charge in [-0.2, -0.15) is 4.68 Å². The lowest BCUT2D eigenvalue weighted by atomic mass is 9.95. The molecule has 9 nitrogen and oxygen atoms in total. The van der Waals surface area contributed by atoms with E-state index in [0.717, 1.165) is 36.1 Å². The van der Waals surface area contributed by atoms with Gasteiger partial charge in [0.25, 0.3) is 5.91 Å². The Morgan fingerprint density at radius 2 is 2.10 bits per heavy atom. The van der Waals surface area contributed by atoms with E-state index in [4.69, 9.17) is 10.5 Å². The lowest BCUT2D eigenvalue weighted by Crippen LogP contribution is -2.19. The number of carbonyl (C=O) groups excluding carboxylic acids is 2. The van der Waals surface area contributed by atoms with Crippen LogP contribution in [0.3, 0.4) is 0 Å². The predicted octanol–water partition coefficient (Wildman–Crippen LogP) is 2.83. The summed E-state index contributed by atoms with van der Waals surface area (Å²) in [6, 6.07) is 7.42. The summed E-state index contributed by atoms with van der Waals surface area (Å²) in [5.74, 6) is -0.0192. The van der Waals surface area contributed by atoms with Gasteiger partial charge in [-0.1, -0.05) is 23.9 Å². The number of fused-ring (bicyclic) bond motifs is 1. The van der Waals surface area contributed by atoms with E-state index < -0.39 is 5.91 Å². The number of tetrazole rings is 1. The highest BCUT2D eigenvalue weighted by molar-refractivity contribution is 7.99. The molecule has 1 aliphatic carbocycles. The van der Waals surface area contributed by atoms with E-state index in [2.05, 4.69) is 20.8 Å². The van der Waals surface area contributed by atoms with Crippen molar-refractivity contribution >= 4 is 39.9 Å². The fraction of sp³-hybridized carbons (Fsp3) is 0.350. The Balaban J connectivity index is 1.48. The zero-order valence-electron chi connectivity index (χ0n) is 17.0. The number of anilines is 1. The molecule has 0 saturated heterocycles. The minimum atomic E-state index is -0.501. The lowest BCUT2D eigenvalue weighted by Gasteiger charge is -2.11. The Morgan fingerprint density at radius 3 is 2.90 bits per heavy atom. The summed E-state index contributed by atoms with van der Waals surface area (Å²) >= 11 is 2.64. The van der Waals surface area contributed by atoms with Crippen LogP contribution >= 0.6 is 23.1 Å². The number of benzene rings is 1. The first-order valence-electron chi connectivity index (χ1n) is 9.96. The van der Waals surface area contributed by atoms with Crippen molar-refractivity contribution in [1.82, 2.24) is 20.2 Å². The van der Waals surface area contributed by atoms with Gasteiger partial charge in [0.1, 0.15) is 16.4 Å². The number of aromatic nitrogens is 4. The predicted molar refractivity (Wildman–Crippen MR) is 119 cm³/mol. The summed E-state index contributed by atoms with van der Waals surface area (Å²) < 4.78 is 7.19. The third-order valence-corrected chi connectivity index (χ3v) is 6.96. The van der Waals surface area contributed by atoms with E-state index in [-0.39, 0.29) is 11.7 Å². The van der Waals surface area contributed by atoms with Gasteiger partial charge in [0, 0.05) is 4.88 Å². The first-order chi connectivity index (χ1) is 15.1. The Morgan fingerprint density at radius 1 is 1.29 bits per heavy atom. The van der Waals surface area contributed by atoms with E-state index in [1.165, 1.54) is 23.1 Å². The van der Waals surface area contributed by atoms with Crippen LogP contribution in [0.1, 0.15) is 40.6 Å². The molecule has 0 saturated carbocycles. The van der Waals surface area contributed by atoms with Crippen LogP contribution in [0.4, 0.5) is 5.00 Å². The van der Waals surface area contributed by atoms with Crippen LogP contribution in [0, 0.1) is 0 Å². The molecule has 162 valence electrons. The number of primary amides is 1. The number of nitrogens with zero attached hydrogens (tertiary/aromatic N) is 4. The van der Waals surface area contributed by atoms with Crippen molar-refractivity contribution in [2.24, 2.45) is 5.73 Å². The van der Waals surface area contributed by atoms with E-state index in [9.17, 15) is 9.59 Å². The molecular weight excluding hydrogens is 436 g/mol. The second-order valence-electron chi connectivity index (χ2n) is 6.89. The Labute approximate surface area is 187 Å². The number of para-hydroxylation sites is 2. The van der Waals surface area contributed by atoms with Gasteiger partial charge in [-0.25, -0.2) is 0 Å². The molecule has 0 fully saturated rings. The molecule has 31 heavy (non-hydrogen) atoms. The van der Waals surface area contributed by atoms with Crippen molar-refractivity contribution in [3.8, 4) is 11.4 Å². The Kier molecular flexibility index (Phi) is 6.52. The maximum absolute atomic E-state index is 12.6. The monoisotopic (exact) mass is 458 g/mol. The number of nitrogens with one attached hydrogen (secondary N) is 1. The van der Waals surface area contributed by atoms with Gasteiger partial charge < -0.3 is 15.8 Å². The molecule has 3 N–H and O–H groups in total. The molecule has 1 aromatic carbocycles. The third kappa shape index (κ3) is 4.57. The molecule has 2 heterocycles. The van der Waals surface area contributed by atoms with Crippen molar-refractivity contribution in [3.05, 3.63) is 40.3 Å². The topological polar surface area (TPSA) is 125 Å². The molecule has 0 spiro atoms. The quantitative estimate of drug-likeness (QED) is 0.497. The summed E-state index contributed by atoms with van der Waals surface area (Å²) in [6.07, 6.45) is 3.85. The van der Waals surface area contributed by atoms with Gasteiger partial charge in [0.15, 0.2) is 0 Å². The maximum Gasteiger partial charge on any atom is 0.251 e. The smallest absolute Gasteiger partial charge is 0.251 e. The van der Waals surface area contributed by atoms with Gasteiger partial charge in [-0.15, -0.1) is 16.4 Å². The molecule has 0 aliphatic heterocycles. The van der Waals surface area contributed by atoms with Crippen LogP contribution in [-0.4, -0.2) is 44.4 Å². The normalized spacial score (nSPS) is 12.9. The highest BCUT2D eigenvalue weighted by Gasteiger charge is 2.25. The maximum atomic E-state index is 12.6. The van der Waals surface area contributed by atoms with Crippen molar-refractivity contribution in [1.29, 1.82) is 0 Å². The van der Waals surface area contributed by atoms with Crippen molar-refractivity contribution < 1.29 is 14.3 Å². The number of aryl methyl sites for hydroxylation is 1. The number of carbonyl (C=O) groups is 2. The first-order valence-corrected chi connectivity index (χ1v) is 11.8. The molecule has 4 rings (SSSR count). The van der Waals surface area contributed by atoms with Crippen molar-refractivity contribution in [2.45, 2.75) is 37.8 Å². The Bertz CT molecular complexity index is 1110. The molecule has 11 heteroatoms. The standard InChI is InChI=1S/C20H22N6O3S2/c1-2-29-14-9-5-4-8-13(14)26-20(23-24-25-26)30-11-16(27)22-19-17(18(21)28)12-7-3-6-10-15(12)31-19/h4-5,8-9H,2-3,6-7,10-11H2,1H3,(H2,21,28)(H,22,27). The second-order valence-corrected chi connectivity index (χ2v) is 8.94. The average molecular weight is 459 g/mol. The van der Waals surface area contributed by atoms with E-state index >= 15 is 0 Å². The second kappa shape index (κ2) is 9.48. The number of nitrogens with two attached hydrogens (primary N) is 1. The lowest BCUT2D eigenvalue weighted by molar-refractivity contribution is -0.113. The summed E-state index contributed by atoms with van der Waals surface area (Å²) in [4.78, 5) is 25.8. The van der Waals surface area contributed by atoms with Crippen LogP contribution in [0.25, 0.3) is 5.69 Å². The molecule has 2 aromatic heterocycles. The van der Waals surface area contributed by atoms with Crippen LogP contribution in [-0.2, 0) is 17.6 Å². The molecule has 0 bridgehead atoms.